The zero-order valence-electron chi connectivity index (χ0n) is 43.0. The molecule has 0 radical (unpaired) electrons. The number of rotatable bonds is 5. The minimum atomic E-state index is -0.738. The molecule has 0 atom stereocenters. The third-order valence-electron chi connectivity index (χ3n) is 11.0. The molecule has 0 unspecified atom stereocenters. The minimum absolute atomic E-state index is 0.165. The van der Waals surface area contributed by atoms with Crippen molar-refractivity contribution in [3.63, 3.8) is 0 Å². The van der Waals surface area contributed by atoms with Gasteiger partial charge < -0.3 is 13.7 Å². The molecule has 0 fully saturated rings. The van der Waals surface area contributed by atoms with E-state index in [0.717, 1.165) is 49.3 Å². The summed E-state index contributed by atoms with van der Waals surface area (Å²) >= 11 is 0. The van der Waals surface area contributed by atoms with Crippen molar-refractivity contribution < 1.29 is 17.8 Å². The zero-order chi connectivity index (χ0) is 48.8. The lowest BCUT2D eigenvalue weighted by Crippen LogP contribution is -2.01. The lowest BCUT2D eigenvalue weighted by atomic mass is 9.95. The average Bonchev–Trinajstić information content (AvgIpc) is 4.02. The van der Waals surface area contributed by atoms with Crippen LogP contribution in [-0.4, -0.2) is 13.7 Å². The first kappa shape index (κ1) is 21.5. The van der Waals surface area contributed by atoms with E-state index >= 15 is 0 Å². The highest BCUT2D eigenvalue weighted by atomic mass is 15.0. The van der Waals surface area contributed by atoms with E-state index in [1.54, 1.807) is 16.7 Å². The summed E-state index contributed by atoms with van der Waals surface area (Å²) in [6, 6.07) is 35.2. The molecule has 12 rings (SSSR count). The second kappa shape index (κ2) is 12.5. The fourth-order valence-electron chi connectivity index (χ4n) is 8.65. The lowest BCUT2D eigenvalue weighted by molar-refractivity contribution is 1.15. The Morgan fingerprint density at radius 1 is 0.298 bits per heavy atom. The molecular formula is C54H35N3. The Bertz CT molecular complexity index is 4090. The van der Waals surface area contributed by atoms with Crippen LogP contribution in [0, 0.1) is 0 Å². The van der Waals surface area contributed by atoms with Gasteiger partial charge >= 0.3 is 0 Å². The quantitative estimate of drug-likeness (QED) is 0.167. The van der Waals surface area contributed by atoms with E-state index in [1.807, 2.05) is 72.8 Å². The highest BCUT2D eigenvalue weighted by Crippen LogP contribution is 2.43. The van der Waals surface area contributed by atoms with Crippen LogP contribution in [0.2, 0.25) is 0 Å². The summed E-state index contributed by atoms with van der Waals surface area (Å²) in [4.78, 5) is 0. The first-order chi connectivity index (χ1) is 33.7. The molecule has 9 aromatic carbocycles. The first-order valence-corrected chi connectivity index (χ1v) is 18.5. The van der Waals surface area contributed by atoms with Gasteiger partial charge in [-0.2, -0.15) is 0 Å². The number of hydrogen-bond acceptors (Lipinski definition) is 0. The molecule has 12 aromatic rings. The van der Waals surface area contributed by atoms with Gasteiger partial charge in [0.1, 0.15) is 0 Å². The molecule has 0 bridgehead atoms. The molecule has 3 aromatic heterocycles. The van der Waals surface area contributed by atoms with Gasteiger partial charge in [-0.25, -0.2) is 0 Å². The van der Waals surface area contributed by atoms with Gasteiger partial charge in [-0.15, -0.1) is 0 Å². The summed E-state index contributed by atoms with van der Waals surface area (Å²) in [5.41, 5.74) is 4.65. The van der Waals surface area contributed by atoms with Crippen LogP contribution in [0.4, 0.5) is 0 Å². The Morgan fingerprint density at radius 3 is 1.09 bits per heavy atom. The van der Waals surface area contributed by atoms with Crippen molar-refractivity contribution in [3.8, 4) is 39.3 Å². The van der Waals surface area contributed by atoms with E-state index in [-0.39, 0.29) is 16.8 Å². The summed E-state index contributed by atoms with van der Waals surface area (Å²) in [7, 11) is 0. The Labute approximate surface area is 347 Å². The van der Waals surface area contributed by atoms with E-state index in [4.69, 9.17) is 8.22 Å². The Morgan fingerprint density at radius 2 is 0.649 bits per heavy atom. The molecule has 0 aliphatic carbocycles. The number of benzene rings is 9. The highest BCUT2D eigenvalue weighted by Gasteiger charge is 2.22. The highest BCUT2D eigenvalue weighted by molar-refractivity contribution is 6.14. The first-order valence-electron chi connectivity index (χ1n) is 25.0. The minimum Gasteiger partial charge on any atom is -0.309 e. The van der Waals surface area contributed by atoms with Crippen LogP contribution in [-0.2, 0) is 0 Å². The predicted octanol–water partition coefficient (Wildman–Crippen LogP) is 14.3. The Balaban J connectivity index is 1.24. The zero-order valence-corrected chi connectivity index (χ0v) is 30.0. The van der Waals surface area contributed by atoms with Gasteiger partial charge in [0.25, 0.3) is 0 Å². The van der Waals surface area contributed by atoms with Crippen LogP contribution in [0.3, 0.4) is 0 Å². The van der Waals surface area contributed by atoms with Crippen molar-refractivity contribution in [2.45, 2.75) is 0 Å². The predicted molar refractivity (Wildman–Crippen MR) is 240 cm³/mol. The third kappa shape index (κ3) is 4.73. The summed E-state index contributed by atoms with van der Waals surface area (Å²) in [6.07, 6.45) is 0. The number of para-hydroxylation sites is 5. The van der Waals surface area contributed by atoms with Gasteiger partial charge in [0, 0.05) is 54.8 Å². The van der Waals surface area contributed by atoms with E-state index in [1.165, 1.54) is 0 Å². The molecule has 0 saturated heterocycles. The van der Waals surface area contributed by atoms with Crippen molar-refractivity contribution >= 4 is 65.4 Å². The molecule has 3 nitrogen and oxygen atoms in total. The van der Waals surface area contributed by atoms with E-state index in [9.17, 15) is 9.60 Å². The van der Waals surface area contributed by atoms with Crippen LogP contribution < -0.4 is 0 Å². The molecular weight excluding hydrogens is 691 g/mol. The number of aromatic nitrogens is 3. The molecule has 3 heteroatoms. The van der Waals surface area contributed by atoms with Gasteiger partial charge in [-0.1, -0.05) is 163 Å². The van der Waals surface area contributed by atoms with Crippen molar-refractivity contribution in [2.24, 2.45) is 0 Å². The molecule has 0 N–H and O–H groups in total. The smallest absolute Gasteiger partial charge is 0.0630 e. The Hall–Kier alpha value is -7.62. The molecule has 266 valence electrons. The van der Waals surface area contributed by atoms with Gasteiger partial charge in [-0.05, 0) is 59.7 Å². The Kier molecular flexibility index (Phi) is 4.69. The van der Waals surface area contributed by atoms with E-state index in [0.29, 0.717) is 27.5 Å². The second-order valence-electron chi connectivity index (χ2n) is 14.0. The normalized spacial score (nSPS) is 15.1. The van der Waals surface area contributed by atoms with Crippen LogP contribution in [0.15, 0.2) is 212 Å². The van der Waals surface area contributed by atoms with Gasteiger partial charge in [-0.3, -0.25) is 0 Å². The topological polar surface area (TPSA) is 14.8 Å². The summed E-state index contributed by atoms with van der Waals surface area (Å²) < 4.78 is 123. The van der Waals surface area contributed by atoms with Crippen LogP contribution in [0.25, 0.3) is 105 Å². The number of nitrogens with zero attached hydrogens (tertiary/aromatic N) is 3. The monoisotopic (exact) mass is 738 g/mol. The maximum atomic E-state index is 9.56. The van der Waals surface area contributed by atoms with E-state index < -0.39 is 89.7 Å². The maximum Gasteiger partial charge on any atom is 0.0630 e. The second-order valence-corrected chi connectivity index (χ2v) is 14.0. The van der Waals surface area contributed by atoms with Crippen molar-refractivity contribution in [2.75, 3.05) is 0 Å². The summed E-state index contributed by atoms with van der Waals surface area (Å²) in [6.45, 7) is 0. The average molecular weight is 739 g/mol. The van der Waals surface area contributed by atoms with Crippen molar-refractivity contribution in [1.82, 2.24) is 13.7 Å². The fraction of sp³-hybridized carbons (Fsp3) is 0. The molecule has 0 saturated carbocycles. The SMILES string of the molecule is [2H]c1c([2H])c([2H])c(-c2c([2H])c([2H])c([2H])c(-c3c([2H])c([2H])c([2H])c([2H])c3[2H])c2-n2c3ccccc3c3ccc(-n4c5ccccc5c5ccc(-n6c7ccccc7c7ccccc76)cc54)cc32)c([2H])c1[2H]. The van der Waals surface area contributed by atoms with Crippen molar-refractivity contribution in [1.29, 1.82) is 0 Å². The van der Waals surface area contributed by atoms with Crippen LogP contribution >= 0.6 is 0 Å². The molecule has 3 heterocycles. The third-order valence-corrected chi connectivity index (χ3v) is 11.0. The van der Waals surface area contributed by atoms with Gasteiger partial charge in [0.2, 0.25) is 0 Å². The van der Waals surface area contributed by atoms with Gasteiger partial charge in [0.05, 0.1) is 56.6 Å². The van der Waals surface area contributed by atoms with Crippen LogP contribution in [0.1, 0.15) is 17.8 Å². The molecule has 57 heavy (non-hydrogen) atoms. The van der Waals surface area contributed by atoms with Gasteiger partial charge in [0.15, 0.2) is 0 Å². The fourth-order valence-corrected chi connectivity index (χ4v) is 8.65. The standard InChI is InChI=1S/C54H35N3/c1-3-16-36(17-4-1)40-24-15-25-41(37-18-5-2-6-19-37)54(40)57-51-29-14-10-23-45(51)47-33-31-39(35-53(47)57)56-50-28-13-9-22-44(50)46-32-30-38(34-52(46)56)55-48-26-11-7-20-42(48)43-21-8-12-27-49(43)55/h1-35H/i1D,2D,3D,4D,5D,6D,15D,16D,17D,18D,19D,24D,25D. The number of hydrogen-bond donors (Lipinski definition) is 0. The summed E-state index contributed by atoms with van der Waals surface area (Å²) in [5.74, 6) is 0. The van der Waals surface area contributed by atoms with Crippen LogP contribution in [0.5, 0.6) is 0 Å². The molecule has 0 aliphatic rings. The van der Waals surface area contributed by atoms with E-state index in [2.05, 4.69) is 57.7 Å². The lowest BCUT2D eigenvalue weighted by Gasteiger charge is -2.19. The molecule has 0 aliphatic heterocycles. The molecule has 0 spiro atoms. The molecule has 0 amide bonds. The maximum absolute atomic E-state index is 9.56. The largest absolute Gasteiger partial charge is 0.309 e. The number of fused-ring (bicyclic) bond motifs is 9. The summed E-state index contributed by atoms with van der Waals surface area (Å²) in [5, 5.41) is 5.57. The van der Waals surface area contributed by atoms with Crippen molar-refractivity contribution in [3.05, 3.63) is 212 Å².